The predicted molar refractivity (Wildman–Crippen MR) is 41.9 cm³/mol. The molecular formula is C7H3BrFNO. The van der Waals surface area contributed by atoms with E-state index in [1.165, 1.54) is 24.3 Å². The highest BCUT2D eigenvalue weighted by atomic mass is 79.9. The fourth-order valence-corrected chi connectivity index (χ4v) is 0.974. The third kappa shape index (κ3) is 1.97. The molecule has 0 bridgehead atoms. The minimum Gasteiger partial charge on any atom is -0.211 e. The van der Waals surface area contributed by atoms with Gasteiger partial charge in [-0.1, -0.05) is 0 Å². The number of isocyanates is 1. The Morgan fingerprint density at radius 3 is 2.82 bits per heavy atom. The molecule has 11 heavy (non-hydrogen) atoms. The summed E-state index contributed by atoms with van der Waals surface area (Å²) in [7, 11) is 0. The van der Waals surface area contributed by atoms with Crippen LogP contribution in [0.2, 0.25) is 0 Å². The first kappa shape index (κ1) is 8.11. The Morgan fingerprint density at radius 1 is 1.55 bits per heavy atom. The summed E-state index contributed by atoms with van der Waals surface area (Å²) in [5.41, 5.74) is 0.383. The summed E-state index contributed by atoms with van der Waals surface area (Å²) >= 11 is 2.95. The molecule has 0 fully saturated rings. The highest BCUT2D eigenvalue weighted by Crippen LogP contribution is 2.21. The summed E-state index contributed by atoms with van der Waals surface area (Å²) in [6.07, 6.45) is 1.36. The van der Waals surface area contributed by atoms with Crippen LogP contribution < -0.4 is 0 Å². The third-order valence-corrected chi connectivity index (χ3v) is 1.69. The molecule has 0 spiro atoms. The molecule has 0 amide bonds. The molecule has 0 aliphatic carbocycles. The van der Waals surface area contributed by atoms with Gasteiger partial charge in [-0.25, -0.2) is 9.18 Å². The number of rotatable bonds is 1. The Labute approximate surface area is 70.9 Å². The van der Waals surface area contributed by atoms with Crippen molar-refractivity contribution in [3.63, 3.8) is 0 Å². The maximum absolute atomic E-state index is 12.6. The lowest BCUT2D eigenvalue weighted by Gasteiger charge is -1.93. The SMILES string of the molecule is O=C=Nc1ccc(F)c(Br)c1. The van der Waals surface area contributed by atoms with Crippen molar-refractivity contribution in [3.05, 3.63) is 28.5 Å². The van der Waals surface area contributed by atoms with Crippen molar-refractivity contribution < 1.29 is 9.18 Å². The van der Waals surface area contributed by atoms with Crippen molar-refractivity contribution in [1.29, 1.82) is 0 Å². The van der Waals surface area contributed by atoms with Crippen molar-refractivity contribution in [1.82, 2.24) is 0 Å². The summed E-state index contributed by atoms with van der Waals surface area (Å²) in [6, 6.07) is 4.02. The van der Waals surface area contributed by atoms with Crippen LogP contribution in [0.4, 0.5) is 10.1 Å². The lowest BCUT2D eigenvalue weighted by molar-refractivity contribution is 0.565. The molecule has 1 aromatic carbocycles. The monoisotopic (exact) mass is 215 g/mol. The summed E-state index contributed by atoms with van der Waals surface area (Å²) in [6.45, 7) is 0. The number of hydrogen-bond acceptors (Lipinski definition) is 2. The van der Waals surface area contributed by atoms with E-state index in [0.29, 0.717) is 5.69 Å². The second-order valence-corrected chi connectivity index (χ2v) is 2.66. The van der Waals surface area contributed by atoms with E-state index in [9.17, 15) is 9.18 Å². The van der Waals surface area contributed by atoms with Crippen LogP contribution >= 0.6 is 15.9 Å². The molecule has 0 radical (unpaired) electrons. The van der Waals surface area contributed by atoms with Crippen LogP contribution in [0.15, 0.2) is 27.7 Å². The summed E-state index contributed by atoms with van der Waals surface area (Å²) in [5.74, 6) is -0.380. The molecule has 1 rings (SSSR count). The van der Waals surface area contributed by atoms with Crippen molar-refractivity contribution in [3.8, 4) is 0 Å². The summed E-state index contributed by atoms with van der Waals surface area (Å²) in [4.78, 5) is 13.1. The topological polar surface area (TPSA) is 29.4 Å². The number of benzene rings is 1. The lowest BCUT2D eigenvalue weighted by atomic mass is 10.3. The van der Waals surface area contributed by atoms with Gasteiger partial charge in [-0.3, -0.25) is 0 Å². The largest absolute Gasteiger partial charge is 0.240 e. The molecule has 2 nitrogen and oxygen atoms in total. The highest BCUT2D eigenvalue weighted by molar-refractivity contribution is 9.10. The third-order valence-electron chi connectivity index (χ3n) is 1.08. The molecular weight excluding hydrogens is 213 g/mol. The van der Waals surface area contributed by atoms with Gasteiger partial charge >= 0.3 is 0 Å². The smallest absolute Gasteiger partial charge is 0.211 e. The molecule has 0 N–H and O–H groups in total. The molecule has 0 unspecified atom stereocenters. The van der Waals surface area contributed by atoms with Gasteiger partial charge in [0.2, 0.25) is 6.08 Å². The van der Waals surface area contributed by atoms with Gasteiger partial charge in [0, 0.05) is 0 Å². The van der Waals surface area contributed by atoms with Gasteiger partial charge in [-0.15, -0.1) is 0 Å². The zero-order valence-electron chi connectivity index (χ0n) is 5.34. The molecule has 1 aromatic rings. The molecule has 0 heterocycles. The van der Waals surface area contributed by atoms with Gasteiger partial charge in [0.15, 0.2) is 0 Å². The number of carbonyl (C=O) groups excluding carboxylic acids is 1. The van der Waals surface area contributed by atoms with Crippen molar-refractivity contribution in [2.45, 2.75) is 0 Å². The molecule has 0 aliphatic heterocycles. The fourth-order valence-electron chi connectivity index (χ4n) is 0.607. The van der Waals surface area contributed by atoms with Crippen LogP contribution in [0.25, 0.3) is 0 Å². The van der Waals surface area contributed by atoms with E-state index in [4.69, 9.17) is 0 Å². The fraction of sp³-hybridized carbons (Fsp3) is 0. The Bertz CT molecular complexity index is 320. The zero-order chi connectivity index (χ0) is 8.27. The van der Waals surface area contributed by atoms with E-state index >= 15 is 0 Å². The van der Waals surface area contributed by atoms with E-state index in [-0.39, 0.29) is 10.3 Å². The number of halogens is 2. The van der Waals surface area contributed by atoms with Crippen LogP contribution in [0, 0.1) is 5.82 Å². The maximum atomic E-state index is 12.6. The Hall–Kier alpha value is -0.990. The van der Waals surface area contributed by atoms with Gasteiger partial charge < -0.3 is 0 Å². The van der Waals surface area contributed by atoms with E-state index in [1.807, 2.05) is 0 Å². The molecule has 4 heteroatoms. The second kappa shape index (κ2) is 3.42. The zero-order valence-corrected chi connectivity index (χ0v) is 6.93. The first-order valence-corrected chi connectivity index (χ1v) is 3.56. The van der Waals surface area contributed by atoms with Crippen LogP contribution in [0.5, 0.6) is 0 Å². The predicted octanol–water partition coefficient (Wildman–Crippen LogP) is 2.56. The first-order chi connectivity index (χ1) is 5.24. The average Bonchev–Trinajstić information content (AvgIpc) is 1.98. The van der Waals surface area contributed by atoms with Gasteiger partial charge in [-0.2, -0.15) is 4.99 Å². The standard InChI is InChI=1S/C7H3BrFNO/c8-6-3-5(10-4-11)1-2-7(6)9/h1-3H. The van der Waals surface area contributed by atoms with Crippen LogP contribution in [-0.2, 0) is 4.79 Å². The summed E-state index contributed by atoms with van der Waals surface area (Å²) in [5, 5.41) is 0. The van der Waals surface area contributed by atoms with Gasteiger partial charge in [0.1, 0.15) is 5.82 Å². The van der Waals surface area contributed by atoms with E-state index in [2.05, 4.69) is 20.9 Å². The number of nitrogens with zero attached hydrogens (tertiary/aromatic N) is 1. The van der Waals surface area contributed by atoms with Crippen molar-refractivity contribution in [2.24, 2.45) is 4.99 Å². The molecule has 56 valence electrons. The maximum Gasteiger partial charge on any atom is 0.240 e. The average molecular weight is 216 g/mol. The Balaban J connectivity index is 3.14. The normalized spacial score (nSPS) is 8.91. The quantitative estimate of drug-likeness (QED) is 0.523. The lowest BCUT2D eigenvalue weighted by Crippen LogP contribution is -1.74. The van der Waals surface area contributed by atoms with Gasteiger partial charge in [-0.05, 0) is 34.1 Å². The number of aliphatic imine (C=N–C) groups is 1. The summed E-state index contributed by atoms with van der Waals surface area (Å²) < 4.78 is 12.8. The van der Waals surface area contributed by atoms with Crippen LogP contribution in [-0.4, -0.2) is 6.08 Å². The molecule has 0 saturated heterocycles. The van der Waals surface area contributed by atoms with Crippen molar-refractivity contribution >= 4 is 27.7 Å². The van der Waals surface area contributed by atoms with Crippen LogP contribution in [0.1, 0.15) is 0 Å². The molecule has 0 aromatic heterocycles. The van der Waals surface area contributed by atoms with E-state index in [0.717, 1.165) is 0 Å². The van der Waals surface area contributed by atoms with Crippen molar-refractivity contribution in [2.75, 3.05) is 0 Å². The second-order valence-electron chi connectivity index (χ2n) is 1.80. The van der Waals surface area contributed by atoms with Gasteiger partial charge in [0.25, 0.3) is 0 Å². The van der Waals surface area contributed by atoms with E-state index < -0.39 is 0 Å². The first-order valence-electron chi connectivity index (χ1n) is 2.77. The Kier molecular flexibility index (Phi) is 2.52. The minimum atomic E-state index is -0.380. The molecule has 0 saturated carbocycles. The van der Waals surface area contributed by atoms with Gasteiger partial charge in [0.05, 0.1) is 10.2 Å². The highest BCUT2D eigenvalue weighted by Gasteiger charge is 1.97. The molecule has 0 atom stereocenters. The van der Waals surface area contributed by atoms with Crippen LogP contribution in [0.3, 0.4) is 0 Å². The minimum absolute atomic E-state index is 0.286. The molecule has 0 aliphatic rings. The number of hydrogen-bond donors (Lipinski definition) is 0. The van der Waals surface area contributed by atoms with E-state index in [1.54, 1.807) is 0 Å². The Morgan fingerprint density at radius 2 is 2.27 bits per heavy atom.